The first-order valence-corrected chi connectivity index (χ1v) is 7.14. The second-order valence-corrected chi connectivity index (χ2v) is 4.86. The molecule has 1 fully saturated rings. The molecule has 0 aromatic carbocycles. The van der Waals surface area contributed by atoms with E-state index in [1.54, 1.807) is 6.92 Å². The van der Waals surface area contributed by atoms with E-state index in [0.29, 0.717) is 12.5 Å². The van der Waals surface area contributed by atoms with Gasteiger partial charge < -0.3 is 10.2 Å². The topological polar surface area (TPSA) is 97.2 Å². The maximum Gasteiger partial charge on any atom is 0.328 e. The van der Waals surface area contributed by atoms with E-state index >= 15 is 0 Å². The quantitative estimate of drug-likeness (QED) is 0.569. The van der Waals surface area contributed by atoms with Crippen LogP contribution in [0.2, 0.25) is 0 Å². The number of urea groups is 1. The lowest BCUT2D eigenvalue weighted by Crippen LogP contribution is -2.44. The summed E-state index contributed by atoms with van der Waals surface area (Å²) in [4.78, 5) is 23.2. The van der Waals surface area contributed by atoms with Crippen LogP contribution in [0.15, 0.2) is 6.20 Å². The van der Waals surface area contributed by atoms with Crippen LogP contribution < -0.4 is 15.5 Å². The molecule has 0 bridgehead atoms. The molecule has 0 radical (unpaired) electrons. The first-order valence-electron chi connectivity index (χ1n) is 7.14. The van der Waals surface area contributed by atoms with Crippen LogP contribution in [-0.2, 0) is 0 Å². The van der Waals surface area contributed by atoms with Crippen molar-refractivity contribution >= 4 is 23.6 Å². The highest BCUT2D eigenvalue weighted by molar-refractivity contribution is 6.01. The molecular formula is C13H20FN7O. The summed E-state index contributed by atoms with van der Waals surface area (Å²) < 4.78 is 13.8. The summed E-state index contributed by atoms with van der Waals surface area (Å²) in [6, 6.07) is -0.584. The second-order valence-electron chi connectivity index (χ2n) is 4.86. The summed E-state index contributed by atoms with van der Waals surface area (Å²) in [5, 5.41) is 13.1. The largest absolute Gasteiger partial charge is 0.338 e. The summed E-state index contributed by atoms with van der Waals surface area (Å²) in [6.07, 6.45) is 1.05. The Morgan fingerprint density at radius 1 is 1.55 bits per heavy atom. The third-order valence-electron chi connectivity index (χ3n) is 3.32. The highest BCUT2D eigenvalue weighted by atomic mass is 19.1. The fourth-order valence-corrected chi connectivity index (χ4v) is 2.16. The molecule has 8 nitrogen and oxygen atoms in total. The fourth-order valence-electron chi connectivity index (χ4n) is 2.16. The number of nitrogens with zero attached hydrogens (tertiary/aromatic N) is 4. The first kappa shape index (κ1) is 16.1. The predicted molar refractivity (Wildman–Crippen MR) is 81.9 cm³/mol. The summed E-state index contributed by atoms with van der Waals surface area (Å²) in [5.41, 5.74) is 0. The molecule has 9 heteroatoms. The number of piperazine rings is 1. The molecule has 0 aliphatic carbocycles. The Morgan fingerprint density at radius 2 is 2.23 bits per heavy atom. The van der Waals surface area contributed by atoms with E-state index in [2.05, 4.69) is 20.6 Å². The zero-order valence-corrected chi connectivity index (χ0v) is 12.7. The van der Waals surface area contributed by atoms with Gasteiger partial charge in [-0.3, -0.25) is 15.6 Å². The Labute approximate surface area is 128 Å². The molecular weight excluding hydrogens is 289 g/mol. The molecule has 0 atom stereocenters. The number of anilines is 2. The van der Waals surface area contributed by atoms with Crippen molar-refractivity contribution in [2.45, 2.75) is 13.8 Å². The van der Waals surface area contributed by atoms with Gasteiger partial charge in [0.15, 0.2) is 11.6 Å². The van der Waals surface area contributed by atoms with Gasteiger partial charge in [0.1, 0.15) is 5.84 Å². The zero-order chi connectivity index (χ0) is 16.1. The van der Waals surface area contributed by atoms with Crippen molar-refractivity contribution in [2.75, 3.05) is 42.9 Å². The molecule has 3 N–H and O–H groups in total. The maximum absolute atomic E-state index is 13.8. The lowest BCUT2D eigenvalue weighted by molar-refractivity contribution is 0.234. The number of carbonyl (C=O) groups is 1. The van der Waals surface area contributed by atoms with Gasteiger partial charge in [-0.25, -0.2) is 14.2 Å². The van der Waals surface area contributed by atoms with E-state index in [0.717, 1.165) is 32.4 Å². The van der Waals surface area contributed by atoms with Crippen molar-refractivity contribution in [3.63, 3.8) is 0 Å². The second kappa shape index (κ2) is 7.12. The summed E-state index contributed by atoms with van der Waals surface area (Å²) in [6.45, 7) is 6.60. The number of hydrogen-bond acceptors (Lipinski definition) is 6. The average Bonchev–Trinajstić information content (AvgIpc) is 2.50. The lowest BCUT2D eigenvalue weighted by atomic mass is 10.4. The van der Waals surface area contributed by atoms with Crippen LogP contribution in [-0.4, -0.2) is 59.5 Å². The average molecular weight is 309 g/mol. The number of carbonyl (C=O) groups excluding carboxylic acids is 1. The van der Waals surface area contributed by atoms with Gasteiger partial charge in [0.05, 0.1) is 6.20 Å². The normalized spacial score (nSPS) is 14.6. The zero-order valence-electron chi connectivity index (χ0n) is 12.7. The molecule has 0 saturated carbocycles. The van der Waals surface area contributed by atoms with Crippen molar-refractivity contribution in [2.24, 2.45) is 0 Å². The molecule has 0 spiro atoms. The molecule has 2 amide bonds. The van der Waals surface area contributed by atoms with Crippen LogP contribution in [0.4, 0.5) is 21.0 Å². The fraction of sp³-hybridized carbons (Fsp3) is 0.538. The SMILES string of the molecule is CCN(C(C)=N)C(=O)Nc1nc(N2CCNCC2)ncc1F. The van der Waals surface area contributed by atoms with Crippen molar-refractivity contribution in [3.8, 4) is 0 Å². The van der Waals surface area contributed by atoms with E-state index in [-0.39, 0.29) is 11.7 Å². The molecule has 0 unspecified atom stereocenters. The molecule has 2 heterocycles. The van der Waals surface area contributed by atoms with E-state index in [1.165, 1.54) is 11.8 Å². The molecule has 1 aliphatic rings. The van der Waals surface area contributed by atoms with Crippen LogP contribution >= 0.6 is 0 Å². The Balaban J connectivity index is 2.16. The highest BCUT2D eigenvalue weighted by Crippen LogP contribution is 2.16. The Bertz CT molecular complexity index is 559. The number of nitrogens with one attached hydrogen (secondary N) is 3. The van der Waals surface area contributed by atoms with Gasteiger partial charge in [0.2, 0.25) is 5.95 Å². The van der Waals surface area contributed by atoms with E-state index < -0.39 is 11.8 Å². The number of aromatic nitrogens is 2. The van der Waals surface area contributed by atoms with Gasteiger partial charge in [0.25, 0.3) is 0 Å². The van der Waals surface area contributed by atoms with Gasteiger partial charge in [-0.2, -0.15) is 4.98 Å². The molecule has 120 valence electrons. The summed E-state index contributed by atoms with van der Waals surface area (Å²) in [5.74, 6) is -0.413. The molecule has 1 saturated heterocycles. The summed E-state index contributed by atoms with van der Waals surface area (Å²) >= 11 is 0. The van der Waals surface area contributed by atoms with Crippen molar-refractivity contribution in [1.82, 2.24) is 20.2 Å². The van der Waals surface area contributed by atoms with Crippen LogP contribution in [0, 0.1) is 11.2 Å². The maximum atomic E-state index is 13.8. The minimum atomic E-state index is -0.703. The Hall–Kier alpha value is -2.29. The van der Waals surface area contributed by atoms with Crippen LogP contribution in [0.5, 0.6) is 0 Å². The van der Waals surface area contributed by atoms with Crippen molar-refractivity contribution in [1.29, 1.82) is 5.41 Å². The molecule has 1 aromatic heterocycles. The van der Waals surface area contributed by atoms with E-state index in [1.807, 2.05) is 4.90 Å². The molecule has 1 aliphatic heterocycles. The van der Waals surface area contributed by atoms with E-state index in [4.69, 9.17) is 5.41 Å². The van der Waals surface area contributed by atoms with Crippen LogP contribution in [0.3, 0.4) is 0 Å². The van der Waals surface area contributed by atoms with Gasteiger partial charge in [-0.15, -0.1) is 0 Å². The predicted octanol–water partition coefficient (Wildman–Crippen LogP) is 0.876. The molecule has 22 heavy (non-hydrogen) atoms. The first-order chi connectivity index (χ1) is 10.5. The van der Waals surface area contributed by atoms with Crippen LogP contribution in [0.25, 0.3) is 0 Å². The third kappa shape index (κ3) is 3.67. The third-order valence-corrected chi connectivity index (χ3v) is 3.32. The summed E-state index contributed by atoms with van der Waals surface area (Å²) in [7, 11) is 0. The lowest BCUT2D eigenvalue weighted by Gasteiger charge is -2.27. The number of hydrogen-bond donors (Lipinski definition) is 3. The van der Waals surface area contributed by atoms with Gasteiger partial charge in [-0.05, 0) is 13.8 Å². The monoisotopic (exact) mass is 309 g/mol. The van der Waals surface area contributed by atoms with Gasteiger partial charge >= 0.3 is 6.03 Å². The van der Waals surface area contributed by atoms with Crippen molar-refractivity contribution < 1.29 is 9.18 Å². The molecule has 2 rings (SSSR count). The van der Waals surface area contributed by atoms with Crippen LogP contribution in [0.1, 0.15) is 13.8 Å². The standard InChI is InChI=1S/C13H20FN7O/c1-3-21(9(2)15)13(22)19-11-10(14)8-17-12(18-11)20-6-4-16-5-7-20/h8,15-16H,3-7H2,1-2H3,(H,17,18,19,22). The van der Waals surface area contributed by atoms with Gasteiger partial charge in [-0.1, -0.05) is 0 Å². The molecule has 1 aromatic rings. The smallest absolute Gasteiger partial charge is 0.328 e. The Morgan fingerprint density at radius 3 is 2.82 bits per heavy atom. The van der Waals surface area contributed by atoms with Gasteiger partial charge in [0, 0.05) is 32.7 Å². The van der Waals surface area contributed by atoms with Crippen molar-refractivity contribution in [3.05, 3.63) is 12.0 Å². The Kier molecular flexibility index (Phi) is 5.21. The number of halogens is 1. The number of amides is 2. The van der Waals surface area contributed by atoms with E-state index in [9.17, 15) is 9.18 Å². The minimum absolute atomic E-state index is 0.0804. The number of amidine groups is 1. The highest BCUT2D eigenvalue weighted by Gasteiger charge is 2.19. The minimum Gasteiger partial charge on any atom is -0.338 e. The number of rotatable bonds is 3.